The molecule has 0 fully saturated rings. The number of aryl methyl sites for hydroxylation is 1. The van der Waals surface area contributed by atoms with Gasteiger partial charge in [0, 0.05) is 32.0 Å². The van der Waals surface area contributed by atoms with E-state index >= 15 is 0 Å². The highest BCUT2D eigenvalue weighted by Gasteiger charge is 2.16. The molecular formula is C16H30N2O. The van der Waals surface area contributed by atoms with Gasteiger partial charge in [0.2, 0.25) is 0 Å². The van der Waals surface area contributed by atoms with Crippen molar-refractivity contribution in [3.05, 3.63) is 24.0 Å². The van der Waals surface area contributed by atoms with Gasteiger partial charge < -0.3 is 9.67 Å². The van der Waals surface area contributed by atoms with Gasteiger partial charge in [-0.3, -0.25) is 4.90 Å². The number of hydrogen-bond donors (Lipinski definition) is 1. The lowest BCUT2D eigenvalue weighted by molar-refractivity contribution is 0.0703. The van der Waals surface area contributed by atoms with Crippen LogP contribution >= 0.6 is 0 Å². The molecule has 1 aromatic heterocycles. The Bertz CT molecular complexity index is 357. The average molecular weight is 266 g/mol. The lowest BCUT2D eigenvalue weighted by Gasteiger charge is -2.27. The molecule has 0 aliphatic carbocycles. The van der Waals surface area contributed by atoms with Crippen molar-refractivity contribution in [1.29, 1.82) is 0 Å². The van der Waals surface area contributed by atoms with E-state index in [2.05, 4.69) is 62.5 Å². The van der Waals surface area contributed by atoms with Crippen LogP contribution in [0.3, 0.4) is 0 Å². The maximum absolute atomic E-state index is 10.1. The highest BCUT2D eigenvalue weighted by Crippen LogP contribution is 2.11. The van der Waals surface area contributed by atoms with Gasteiger partial charge in [0.05, 0.1) is 6.10 Å². The zero-order valence-electron chi connectivity index (χ0n) is 13.1. The van der Waals surface area contributed by atoms with E-state index in [0.717, 1.165) is 19.6 Å². The zero-order chi connectivity index (χ0) is 14.4. The van der Waals surface area contributed by atoms with E-state index in [9.17, 15) is 5.11 Å². The van der Waals surface area contributed by atoms with Gasteiger partial charge in [-0.2, -0.15) is 0 Å². The molecule has 0 saturated carbocycles. The van der Waals surface area contributed by atoms with Gasteiger partial charge >= 0.3 is 0 Å². The molecule has 19 heavy (non-hydrogen) atoms. The van der Waals surface area contributed by atoms with Crippen molar-refractivity contribution in [2.75, 3.05) is 13.1 Å². The minimum Gasteiger partial charge on any atom is -0.392 e. The summed E-state index contributed by atoms with van der Waals surface area (Å²) in [5.41, 5.74) is 1.31. The molecule has 0 saturated heterocycles. The summed E-state index contributed by atoms with van der Waals surface area (Å²) in [6.45, 7) is 11.4. The molecule has 1 N–H and O–H groups in total. The van der Waals surface area contributed by atoms with E-state index in [4.69, 9.17) is 0 Å². The SMILES string of the molecule is CC(C)CCN(Cc1cccn1C)CC(O)C(C)C. The van der Waals surface area contributed by atoms with Gasteiger partial charge in [-0.25, -0.2) is 0 Å². The Labute approximate surface area is 118 Å². The molecule has 0 bridgehead atoms. The number of nitrogens with zero attached hydrogens (tertiary/aromatic N) is 2. The molecule has 3 heteroatoms. The van der Waals surface area contributed by atoms with Gasteiger partial charge in [-0.1, -0.05) is 27.7 Å². The van der Waals surface area contributed by atoms with Crippen LogP contribution in [0.1, 0.15) is 39.8 Å². The lowest BCUT2D eigenvalue weighted by atomic mass is 10.1. The van der Waals surface area contributed by atoms with Crippen LogP contribution in [0.25, 0.3) is 0 Å². The fourth-order valence-electron chi connectivity index (χ4n) is 2.04. The molecule has 0 aliphatic heterocycles. The topological polar surface area (TPSA) is 28.4 Å². The minimum atomic E-state index is -0.243. The van der Waals surface area contributed by atoms with E-state index in [0.29, 0.717) is 11.8 Å². The second-order valence-corrected chi connectivity index (χ2v) is 6.34. The summed E-state index contributed by atoms with van der Waals surface area (Å²) >= 11 is 0. The normalized spacial score (nSPS) is 13.7. The third-order valence-corrected chi connectivity index (χ3v) is 3.67. The summed E-state index contributed by atoms with van der Waals surface area (Å²) in [5.74, 6) is 1.02. The maximum atomic E-state index is 10.1. The Morgan fingerprint density at radius 3 is 2.42 bits per heavy atom. The third kappa shape index (κ3) is 5.79. The highest BCUT2D eigenvalue weighted by atomic mass is 16.3. The number of aliphatic hydroxyl groups excluding tert-OH is 1. The molecule has 0 aliphatic rings. The Hall–Kier alpha value is -0.800. The summed E-state index contributed by atoms with van der Waals surface area (Å²) in [7, 11) is 2.08. The van der Waals surface area contributed by atoms with E-state index in [1.807, 2.05) is 0 Å². The fourth-order valence-corrected chi connectivity index (χ4v) is 2.04. The predicted octanol–water partition coefficient (Wildman–Crippen LogP) is 2.89. The van der Waals surface area contributed by atoms with Crippen LogP contribution in [-0.4, -0.2) is 33.8 Å². The fraction of sp³-hybridized carbons (Fsp3) is 0.750. The van der Waals surface area contributed by atoms with Crippen molar-refractivity contribution in [1.82, 2.24) is 9.47 Å². The Morgan fingerprint density at radius 2 is 1.95 bits per heavy atom. The van der Waals surface area contributed by atoms with E-state index in [1.54, 1.807) is 0 Å². The molecule has 1 unspecified atom stereocenters. The summed E-state index contributed by atoms with van der Waals surface area (Å²) < 4.78 is 2.16. The van der Waals surface area contributed by atoms with E-state index in [-0.39, 0.29) is 6.10 Å². The Morgan fingerprint density at radius 1 is 1.26 bits per heavy atom. The van der Waals surface area contributed by atoms with Gasteiger partial charge in [-0.15, -0.1) is 0 Å². The van der Waals surface area contributed by atoms with Crippen LogP contribution in [0, 0.1) is 11.8 Å². The largest absolute Gasteiger partial charge is 0.392 e. The van der Waals surface area contributed by atoms with Crippen LogP contribution in [0.15, 0.2) is 18.3 Å². The van der Waals surface area contributed by atoms with Crippen LogP contribution in [-0.2, 0) is 13.6 Å². The first-order valence-electron chi connectivity index (χ1n) is 7.40. The molecule has 0 spiro atoms. The predicted molar refractivity (Wildman–Crippen MR) is 81.0 cm³/mol. The first kappa shape index (κ1) is 16.3. The van der Waals surface area contributed by atoms with Crippen molar-refractivity contribution in [3.63, 3.8) is 0 Å². The number of rotatable bonds is 8. The van der Waals surface area contributed by atoms with Gasteiger partial charge in [0.1, 0.15) is 0 Å². The van der Waals surface area contributed by atoms with Crippen molar-refractivity contribution >= 4 is 0 Å². The molecule has 3 nitrogen and oxygen atoms in total. The number of hydrogen-bond acceptors (Lipinski definition) is 2. The van der Waals surface area contributed by atoms with Crippen LogP contribution < -0.4 is 0 Å². The smallest absolute Gasteiger partial charge is 0.0690 e. The summed E-state index contributed by atoms with van der Waals surface area (Å²) in [4.78, 5) is 2.38. The van der Waals surface area contributed by atoms with Gasteiger partial charge in [0.25, 0.3) is 0 Å². The molecular weight excluding hydrogens is 236 g/mol. The van der Waals surface area contributed by atoms with E-state index < -0.39 is 0 Å². The van der Waals surface area contributed by atoms with Gasteiger partial charge in [-0.05, 0) is 36.9 Å². The second kappa shape index (κ2) is 7.71. The second-order valence-electron chi connectivity index (χ2n) is 6.34. The monoisotopic (exact) mass is 266 g/mol. The average Bonchev–Trinajstić information content (AvgIpc) is 2.71. The minimum absolute atomic E-state index is 0.243. The maximum Gasteiger partial charge on any atom is 0.0690 e. The van der Waals surface area contributed by atoms with Crippen LogP contribution in [0.2, 0.25) is 0 Å². The quantitative estimate of drug-likeness (QED) is 0.783. The Kier molecular flexibility index (Phi) is 6.59. The highest BCUT2D eigenvalue weighted by molar-refractivity contribution is 5.06. The molecule has 0 amide bonds. The van der Waals surface area contributed by atoms with Crippen LogP contribution in [0.5, 0.6) is 0 Å². The Balaban J connectivity index is 2.60. The number of aliphatic hydroxyl groups is 1. The molecule has 110 valence electrons. The van der Waals surface area contributed by atoms with Gasteiger partial charge in [0.15, 0.2) is 0 Å². The molecule has 1 aromatic rings. The lowest BCUT2D eigenvalue weighted by Crippen LogP contribution is -2.36. The molecule has 0 aromatic carbocycles. The molecule has 1 atom stereocenters. The standard InChI is InChI=1S/C16H30N2O/c1-13(2)8-10-18(12-16(19)14(3)4)11-15-7-6-9-17(15)5/h6-7,9,13-14,16,19H,8,10-12H2,1-5H3. The number of aromatic nitrogens is 1. The summed E-state index contributed by atoms with van der Waals surface area (Å²) in [6, 6.07) is 4.24. The molecule has 1 heterocycles. The third-order valence-electron chi connectivity index (χ3n) is 3.67. The first-order chi connectivity index (χ1) is 8.90. The molecule has 1 rings (SSSR count). The van der Waals surface area contributed by atoms with Crippen molar-refractivity contribution in [3.8, 4) is 0 Å². The first-order valence-corrected chi connectivity index (χ1v) is 7.40. The summed E-state index contributed by atoms with van der Waals surface area (Å²) in [6.07, 6.45) is 3.01. The van der Waals surface area contributed by atoms with Crippen molar-refractivity contribution < 1.29 is 5.11 Å². The van der Waals surface area contributed by atoms with Crippen LogP contribution in [0.4, 0.5) is 0 Å². The molecule has 0 radical (unpaired) electrons. The van der Waals surface area contributed by atoms with E-state index in [1.165, 1.54) is 12.1 Å². The zero-order valence-corrected chi connectivity index (χ0v) is 13.1. The van der Waals surface area contributed by atoms with Crippen molar-refractivity contribution in [2.24, 2.45) is 18.9 Å². The van der Waals surface area contributed by atoms with Crippen molar-refractivity contribution in [2.45, 2.75) is 46.8 Å². The summed E-state index contributed by atoms with van der Waals surface area (Å²) in [5, 5.41) is 10.1.